The smallest absolute Gasteiger partial charge is 0.233 e. The van der Waals surface area contributed by atoms with Crippen molar-refractivity contribution >= 4 is 23.6 Å². The molecule has 1 fully saturated rings. The topological polar surface area (TPSA) is 83.3 Å². The lowest BCUT2D eigenvalue weighted by Gasteiger charge is -2.40. The van der Waals surface area contributed by atoms with Gasteiger partial charge in [0.15, 0.2) is 0 Å². The monoisotopic (exact) mass is 625 g/mol. The molecule has 2 N–H and O–H groups in total. The highest BCUT2D eigenvalue weighted by molar-refractivity contribution is 5.81. The van der Waals surface area contributed by atoms with Crippen molar-refractivity contribution in [3.8, 4) is 12.8 Å². The van der Waals surface area contributed by atoms with E-state index in [1.54, 1.807) is 13.3 Å². The second kappa shape index (κ2) is 20.8. The number of carbonyl (C=O) groups is 1. The summed E-state index contributed by atoms with van der Waals surface area (Å²) >= 11 is 0. The van der Waals surface area contributed by atoms with E-state index < -0.39 is 0 Å². The molecule has 2 aliphatic carbocycles. The van der Waals surface area contributed by atoms with Crippen LogP contribution in [0.3, 0.4) is 0 Å². The molecule has 0 spiro atoms. The van der Waals surface area contributed by atoms with Gasteiger partial charge in [-0.25, -0.2) is 4.68 Å². The second-order valence-corrected chi connectivity index (χ2v) is 11.9. The molecule has 2 heterocycles. The van der Waals surface area contributed by atoms with Crippen LogP contribution in [0.1, 0.15) is 103 Å². The number of amides is 1. The van der Waals surface area contributed by atoms with Crippen molar-refractivity contribution in [1.82, 2.24) is 20.1 Å². The maximum absolute atomic E-state index is 10.8. The first kappa shape index (κ1) is 38.0. The number of hydrogen-bond donors (Lipinski definition) is 2. The summed E-state index contributed by atoms with van der Waals surface area (Å²) < 4.78 is 2.07. The average molecular weight is 626 g/mol. The number of allylic oxidation sites excluding steroid dienone is 4. The minimum atomic E-state index is 0.111. The van der Waals surface area contributed by atoms with Gasteiger partial charge < -0.3 is 15.3 Å². The number of nitrogens with zero attached hydrogens (tertiary/aromatic N) is 4. The number of fused-ring (bicyclic) bond motifs is 1. The predicted molar refractivity (Wildman–Crippen MR) is 194 cm³/mol. The van der Waals surface area contributed by atoms with E-state index in [4.69, 9.17) is 5.11 Å². The molecule has 46 heavy (non-hydrogen) atoms. The number of carbonyl (C=O) groups excluding carboxylic acids is 1. The average Bonchev–Trinajstić information content (AvgIpc) is 3.57. The van der Waals surface area contributed by atoms with Gasteiger partial charge in [0.25, 0.3) is 0 Å². The number of aliphatic hydroxyl groups is 1. The third-order valence-electron chi connectivity index (χ3n) is 7.96. The largest absolute Gasteiger partial charge is 0.392 e. The molecule has 1 amide bonds. The molecule has 5 rings (SSSR count). The number of rotatable bonds is 10. The van der Waals surface area contributed by atoms with Crippen LogP contribution in [0.25, 0.3) is 11.3 Å². The fourth-order valence-electron chi connectivity index (χ4n) is 5.93. The highest BCUT2D eigenvalue weighted by Gasteiger charge is 2.34. The summed E-state index contributed by atoms with van der Waals surface area (Å²) in [5.74, 6) is 0.932. The van der Waals surface area contributed by atoms with Gasteiger partial charge in [-0.1, -0.05) is 108 Å². The molecule has 2 aromatic rings. The van der Waals surface area contributed by atoms with E-state index >= 15 is 0 Å². The van der Waals surface area contributed by atoms with Crippen LogP contribution in [-0.2, 0) is 11.2 Å². The molecule has 1 aromatic heterocycles. The molecule has 248 valence electrons. The maximum Gasteiger partial charge on any atom is 0.233 e. The molecule has 0 atom stereocenters. The Bertz CT molecular complexity index is 1370. The summed E-state index contributed by atoms with van der Waals surface area (Å²) in [5.41, 5.74) is 9.29. The van der Waals surface area contributed by atoms with Crippen LogP contribution in [0.4, 0.5) is 5.95 Å². The highest BCUT2D eigenvalue weighted by Crippen LogP contribution is 2.40. The number of hydrogen-bond acceptors (Lipinski definition) is 5. The van der Waals surface area contributed by atoms with E-state index in [2.05, 4.69) is 108 Å². The number of aromatic nitrogens is 3. The third-order valence-corrected chi connectivity index (χ3v) is 7.96. The molecular formula is C39H55N5O2. The molecule has 1 aromatic carbocycles. The van der Waals surface area contributed by atoms with Crippen LogP contribution < -0.4 is 10.2 Å². The van der Waals surface area contributed by atoms with Crippen molar-refractivity contribution in [2.24, 2.45) is 0 Å². The Morgan fingerprint density at radius 1 is 1.09 bits per heavy atom. The lowest BCUT2D eigenvalue weighted by atomic mass is 9.89. The summed E-state index contributed by atoms with van der Waals surface area (Å²) in [6, 6.07) is 9.35. The zero-order valence-corrected chi connectivity index (χ0v) is 28.6. The minimum absolute atomic E-state index is 0.111. The summed E-state index contributed by atoms with van der Waals surface area (Å²) in [4.78, 5) is 17.9. The summed E-state index contributed by atoms with van der Waals surface area (Å²) in [6.45, 7) is 17.0. The lowest BCUT2D eigenvalue weighted by Crippen LogP contribution is -2.41. The van der Waals surface area contributed by atoms with E-state index in [1.165, 1.54) is 72.1 Å². The van der Waals surface area contributed by atoms with Gasteiger partial charge >= 0.3 is 0 Å². The van der Waals surface area contributed by atoms with Gasteiger partial charge in [-0.2, -0.15) is 10.1 Å². The third kappa shape index (κ3) is 10.5. The van der Waals surface area contributed by atoms with E-state index in [9.17, 15) is 4.79 Å². The Morgan fingerprint density at radius 3 is 2.30 bits per heavy atom. The number of nitrogens with one attached hydrogen (secondary N) is 1. The maximum atomic E-state index is 10.8. The van der Waals surface area contributed by atoms with Gasteiger partial charge in [0.1, 0.15) is 6.33 Å². The molecule has 1 saturated carbocycles. The Balaban J connectivity index is 0.000000653. The first-order chi connectivity index (χ1) is 22.4. The molecule has 3 aliphatic rings. The molecule has 0 bridgehead atoms. The van der Waals surface area contributed by atoms with Crippen molar-refractivity contribution in [3.05, 3.63) is 89.4 Å². The quantitative estimate of drug-likeness (QED) is 0.158. The van der Waals surface area contributed by atoms with Gasteiger partial charge in [-0.05, 0) is 61.3 Å². The Kier molecular flexibility index (Phi) is 17.2. The van der Waals surface area contributed by atoms with Crippen molar-refractivity contribution in [2.75, 3.05) is 18.1 Å². The normalized spacial score (nSPS) is 15.8. The fraction of sp³-hybridized carbons (Fsp3) is 0.462. The highest BCUT2D eigenvalue weighted by atomic mass is 16.3. The molecular weight excluding hydrogens is 570 g/mol. The molecule has 1 aliphatic heterocycles. The number of terminal acetylenes is 1. The summed E-state index contributed by atoms with van der Waals surface area (Å²) in [5, 5.41) is 15.5. The van der Waals surface area contributed by atoms with Crippen LogP contribution in [0, 0.1) is 12.8 Å². The first-order valence-electron chi connectivity index (χ1n) is 16.7. The van der Waals surface area contributed by atoms with E-state index in [-0.39, 0.29) is 6.61 Å². The van der Waals surface area contributed by atoms with Gasteiger partial charge in [-0.3, -0.25) is 4.79 Å². The van der Waals surface area contributed by atoms with Crippen LogP contribution in [0.15, 0.2) is 78.3 Å². The molecule has 7 heteroatoms. The van der Waals surface area contributed by atoms with Crippen molar-refractivity contribution in [3.63, 3.8) is 0 Å². The number of anilines is 1. The van der Waals surface area contributed by atoms with Gasteiger partial charge in [0.2, 0.25) is 12.4 Å². The van der Waals surface area contributed by atoms with Gasteiger partial charge in [-0.15, -0.1) is 12.8 Å². The van der Waals surface area contributed by atoms with Crippen LogP contribution in [-0.4, -0.2) is 45.5 Å². The van der Waals surface area contributed by atoms with Crippen LogP contribution in [0.2, 0.25) is 0 Å². The van der Waals surface area contributed by atoms with Crippen molar-refractivity contribution < 1.29 is 9.90 Å². The van der Waals surface area contributed by atoms with Crippen LogP contribution >= 0.6 is 0 Å². The first-order valence-corrected chi connectivity index (χ1v) is 16.7. The molecule has 7 nitrogen and oxygen atoms in total. The van der Waals surface area contributed by atoms with E-state index in [0.717, 1.165) is 55.7 Å². The standard InChI is InChI=1S/C30H37N5O.C4H8O.C3H8.C2H2/c1-3-9-29-28(22(2)34(26-11-5-4-6-12-26)30-32-20-33-35(29)30)18-23-14-16-24(17-15-23)27-13-8-7-10-25(27)19-31-21-36;1-4(2)3-5;1-3-2;1-2/h10,13-17,20-21,26H,2-9,11-12,18-19H2,1H3,(H,31,36);5H,1,3H2,2H3;3H2,1-2H3;1-2H. The van der Waals surface area contributed by atoms with Crippen LogP contribution in [0.5, 0.6) is 0 Å². The predicted octanol–water partition coefficient (Wildman–Crippen LogP) is 8.27. The second-order valence-electron chi connectivity index (χ2n) is 11.9. The molecule has 0 radical (unpaired) electrons. The van der Waals surface area contributed by atoms with Crippen molar-refractivity contribution in [1.29, 1.82) is 0 Å². The van der Waals surface area contributed by atoms with Gasteiger partial charge in [0, 0.05) is 30.3 Å². The SMILES string of the molecule is C#C.C=C(C)CO.C=C1C(Cc2ccc(C3=CCCC=C3CNC=O)cc2)=C(CCC)n2ncnc2N1C1CCCCC1.CCC. The van der Waals surface area contributed by atoms with E-state index in [1.807, 2.05) is 0 Å². The minimum Gasteiger partial charge on any atom is -0.392 e. The summed E-state index contributed by atoms with van der Waals surface area (Å²) in [7, 11) is 0. The molecule has 0 unspecified atom stereocenters. The van der Waals surface area contributed by atoms with Gasteiger partial charge in [0.05, 0.1) is 12.3 Å². The number of benzene rings is 1. The Hall–Kier alpha value is -4.15. The lowest BCUT2D eigenvalue weighted by molar-refractivity contribution is -0.109. The Labute approximate surface area is 277 Å². The fourth-order valence-corrected chi connectivity index (χ4v) is 5.93. The number of aliphatic hydroxyl groups excluding tert-OH is 1. The zero-order valence-electron chi connectivity index (χ0n) is 28.6. The summed E-state index contributed by atoms with van der Waals surface area (Å²) in [6.07, 6.45) is 27.3. The Morgan fingerprint density at radius 2 is 1.72 bits per heavy atom. The van der Waals surface area contributed by atoms with E-state index in [0.29, 0.717) is 12.6 Å². The molecule has 0 saturated heterocycles. The van der Waals surface area contributed by atoms with Crippen molar-refractivity contribution in [2.45, 2.75) is 104 Å². The zero-order chi connectivity index (χ0) is 33.9.